The summed E-state index contributed by atoms with van der Waals surface area (Å²) in [6.45, 7) is 4.61. The quantitative estimate of drug-likeness (QED) is 0.720. The summed E-state index contributed by atoms with van der Waals surface area (Å²) < 4.78 is 5.17. The fraction of sp³-hybridized carbons (Fsp3) is 0.500. The third kappa shape index (κ3) is 4.84. The number of carbonyl (C=O) groups excluding carboxylic acids is 2. The van der Waals surface area contributed by atoms with Gasteiger partial charge in [0.1, 0.15) is 5.75 Å². The summed E-state index contributed by atoms with van der Waals surface area (Å²) in [5, 5.41) is 10.8. The summed E-state index contributed by atoms with van der Waals surface area (Å²) in [6.07, 6.45) is 1.79. The van der Waals surface area contributed by atoms with Crippen LogP contribution in [-0.4, -0.2) is 72.0 Å². The first-order valence-corrected chi connectivity index (χ1v) is 11.7. The predicted molar refractivity (Wildman–Crippen MR) is 121 cm³/mol. The minimum absolute atomic E-state index is 0.0133. The molecule has 2 aliphatic rings. The van der Waals surface area contributed by atoms with Crippen LogP contribution >= 0.6 is 11.3 Å². The Bertz CT molecular complexity index is 918. The van der Waals surface area contributed by atoms with Crippen molar-refractivity contribution in [1.29, 1.82) is 0 Å². The molecule has 1 aromatic carbocycles. The molecule has 2 atom stereocenters. The minimum atomic E-state index is -0.562. The van der Waals surface area contributed by atoms with Crippen molar-refractivity contribution in [2.75, 3.05) is 33.3 Å². The molecule has 166 valence electrons. The number of hydrogen-bond donors (Lipinski definition) is 1. The molecule has 7 heteroatoms. The van der Waals surface area contributed by atoms with E-state index >= 15 is 0 Å². The van der Waals surface area contributed by atoms with Crippen LogP contribution in [0.3, 0.4) is 0 Å². The van der Waals surface area contributed by atoms with Crippen LogP contribution in [0.4, 0.5) is 0 Å². The molecular weight excluding hydrogens is 412 g/mol. The summed E-state index contributed by atoms with van der Waals surface area (Å²) >= 11 is 1.50. The molecule has 0 saturated carbocycles. The van der Waals surface area contributed by atoms with Crippen molar-refractivity contribution < 1.29 is 19.4 Å². The van der Waals surface area contributed by atoms with E-state index in [2.05, 4.69) is 4.90 Å². The summed E-state index contributed by atoms with van der Waals surface area (Å²) in [5.74, 6) is 0.971. The lowest BCUT2D eigenvalue weighted by atomic mass is 9.87. The van der Waals surface area contributed by atoms with Crippen LogP contribution in [0.15, 0.2) is 36.4 Å². The van der Waals surface area contributed by atoms with Crippen molar-refractivity contribution >= 4 is 23.0 Å². The van der Waals surface area contributed by atoms with E-state index in [1.54, 1.807) is 12.0 Å². The number of ketones is 1. The van der Waals surface area contributed by atoms with Crippen molar-refractivity contribution in [3.8, 4) is 5.75 Å². The van der Waals surface area contributed by atoms with Crippen LogP contribution in [0.2, 0.25) is 0 Å². The molecule has 4 rings (SSSR count). The van der Waals surface area contributed by atoms with E-state index in [9.17, 15) is 14.7 Å². The van der Waals surface area contributed by atoms with E-state index in [0.29, 0.717) is 13.1 Å². The zero-order valence-electron chi connectivity index (χ0n) is 18.1. The van der Waals surface area contributed by atoms with Gasteiger partial charge in [-0.05, 0) is 75.7 Å². The first-order chi connectivity index (χ1) is 15.0. The molecule has 3 heterocycles. The number of benzene rings is 1. The van der Waals surface area contributed by atoms with Gasteiger partial charge in [-0.1, -0.05) is 0 Å². The van der Waals surface area contributed by atoms with Crippen molar-refractivity contribution in [3.63, 3.8) is 0 Å². The SMILES string of the molecule is COc1ccc(C(=O)C2CCN([C@@H]3CCN(C(=O)c4ccc(C)s4)C[C@H]3O)CC2)cc1. The molecule has 1 amide bonds. The average molecular weight is 443 g/mol. The molecule has 2 aromatic rings. The van der Waals surface area contributed by atoms with Gasteiger partial charge < -0.3 is 14.7 Å². The number of hydrogen-bond acceptors (Lipinski definition) is 6. The zero-order valence-corrected chi connectivity index (χ0v) is 18.9. The number of β-amino-alcohol motifs (C(OH)–C–C–N with tert-alkyl or cyclic N) is 1. The number of aliphatic hydroxyl groups is 1. The Hall–Kier alpha value is -2.22. The lowest BCUT2D eigenvalue weighted by molar-refractivity contribution is -0.0184. The lowest BCUT2D eigenvalue weighted by Gasteiger charge is -2.44. The number of likely N-dealkylation sites (tertiary alicyclic amines) is 2. The summed E-state index contributed by atoms with van der Waals surface area (Å²) in [6, 6.07) is 11.2. The maximum Gasteiger partial charge on any atom is 0.264 e. The molecule has 0 radical (unpaired) electrons. The van der Waals surface area contributed by atoms with Crippen LogP contribution in [0, 0.1) is 12.8 Å². The first-order valence-electron chi connectivity index (χ1n) is 10.9. The number of thiophene rings is 1. The lowest BCUT2D eigenvalue weighted by Crippen LogP contribution is -2.57. The number of amides is 1. The molecule has 2 saturated heterocycles. The van der Waals surface area contributed by atoms with Gasteiger partial charge in [-0.25, -0.2) is 0 Å². The van der Waals surface area contributed by atoms with E-state index in [0.717, 1.165) is 53.4 Å². The molecule has 0 bridgehead atoms. The van der Waals surface area contributed by atoms with E-state index in [-0.39, 0.29) is 23.7 Å². The molecule has 31 heavy (non-hydrogen) atoms. The van der Waals surface area contributed by atoms with Crippen molar-refractivity contribution in [1.82, 2.24) is 9.80 Å². The van der Waals surface area contributed by atoms with Gasteiger partial charge in [-0.15, -0.1) is 11.3 Å². The van der Waals surface area contributed by atoms with Crippen LogP contribution in [-0.2, 0) is 0 Å². The number of aryl methyl sites for hydroxylation is 1. The first kappa shape index (κ1) is 22.0. The largest absolute Gasteiger partial charge is 0.497 e. The van der Waals surface area contributed by atoms with Gasteiger partial charge in [0.15, 0.2) is 5.78 Å². The molecular formula is C24H30N2O4S. The molecule has 0 spiro atoms. The number of aliphatic hydroxyl groups excluding tert-OH is 1. The normalized spacial score (nSPS) is 23.0. The number of nitrogens with zero attached hydrogens (tertiary/aromatic N) is 2. The molecule has 6 nitrogen and oxygen atoms in total. The van der Waals surface area contributed by atoms with E-state index < -0.39 is 6.10 Å². The Morgan fingerprint density at radius 2 is 1.74 bits per heavy atom. The van der Waals surface area contributed by atoms with Crippen molar-refractivity contribution in [3.05, 3.63) is 51.7 Å². The molecule has 2 fully saturated rings. The molecule has 1 N–H and O–H groups in total. The maximum atomic E-state index is 12.8. The highest BCUT2D eigenvalue weighted by molar-refractivity contribution is 7.13. The standard InChI is InChI=1S/C24H30N2O4S/c1-16-3-8-22(31-16)24(29)26-14-11-20(21(27)15-26)25-12-9-18(10-13-25)23(28)17-4-6-19(30-2)7-5-17/h3-8,18,20-21,27H,9-15H2,1-2H3/t20-,21-/m1/s1. The smallest absolute Gasteiger partial charge is 0.264 e. The van der Waals surface area contributed by atoms with Crippen molar-refractivity contribution in [2.45, 2.75) is 38.3 Å². The third-order valence-corrected chi connectivity index (χ3v) is 7.52. The summed E-state index contributed by atoms with van der Waals surface area (Å²) in [4.78, 5) is 31.5. The van der Waals surface area contributed by atoms with E-state index in [1.807, 2.05) is 43.3 Å². The van der Waals surface area contributed by atoms with Gasteiger partial charge in [0.05, 0.1) is 18.1 Å². The van der Waals surface area contributed by atoms with E-state index in [1.165, 1.54) is 11.3 Å². The van der Waals surface area contributed by atoms with Gasteiger partial charge in [0, 0.05) is 35.5 Å². The molecule has 0 aliphatic carbocycles. The number of carbonyl (C=O) groups is 2. The number of ether oxygens (including phenoxy) is 1. The van der Waals surface area contributed by atoms with Crippen LogP contribution in [0.5, 0.6) is 5.75 Å². The molecule has 2 aliphatic heterocycles. The number of Topliss-reactive ketones (excluding diaryl/α,β-unsaturated/α-hetero) is 1. The maximum absolute atomic E-state index is 12.8. The number of piperidine rings is 2. The van der Waals surface area contributed by atoms with Gasteiger partial charge in [-0.2, -0.15) is 0 Å². The second kappa shape index (κ2) is 9.51. The molecule has 1 aromatic heterocycles. The Kier molecular flexibility index (Phi) is 6.74. The van der Waals surface area contributed by atoms with E-state index in [4.69, 9.17) is 4.74 Å². The van der Waals surface area contributed by atoms with Gasteiger partial charge in [-0.3, -0.25) is 14.5 Å². The highest BCUT2D eigenvalue weighted by Crippen LogP contribution is 2.28. The molecule has 0 unspecified atom stereocenters. The fourth-order valence-electron chi connectivity index (χ4n) is 4.72. The van der Waals surface area contributed by atoms with Gasteiger partial charge in [0.25, 0.3) is 5.91 Å². The minimum Gasteiger partial charge on any atom is -0.497 e. The average Bonchev–Trinajstić information content (AvgIpc) is 3.24. The Balaban J connectivity index is 1.30. The highest BCUT2D eigenvalue weighted by Gasteiger charge is 2.37. The number of rotatable bonds is 5. The predicted octanol–water partition coefficient (Wildman–Crippen LogP) is 3.24. The Morgan fingerprint density at radius 3 is 2.32 bits per heavy atom. The number of methoxy groups -OCH3 is 1. The second-order valence-corrected chi connectivity index (χ2v) is 9.78. The van der Waals surface area contributed by atoms with Crippen LogP contribution in [0.1, 0.15) is 44.2 Å². The highest BCUT2D eigenvalue weighted by atomic mass is 32.1. The van der Waals surface area contributed by atoms with Crippen molar-refractivity contribution in [2.24, 2.45) is 5.92 Å². The summed E-state index contributed by atoms with van der Waals surface area (Å²) in [5.41, 5.74) is 0.731. The zero-order chi connectivity index (χ0) is 22.0. The van der Waals surface area contributed by atoms with Crippen LogP contribution < -0.4 is 4.74 Å². The fourth-order valence-corrected chi connectivity index (χ4v) is 5.55. The second-order valence-electron chi connectivity index (χ2n) is 8.49. The summed E-state index contributed by atoms with van der Waals surface area (Å²) in [7, 11) is 1.62. The van der Waals surface area contributed by atoms with Gasteiger partial charge in [0.2, 0.25) is 0 Å². The monoisotopic (exact) mass is 442 g/mol. The van der Waals surface area contributed by atoms with Crippen LogP contribution in [0.25, 0.3) is 0 Å². The topological polar surface area (TPSA) is 70.1 Å². The Morgan fingerprint density at radius 1 is 1.03 bits per heavy atom. The Labute approximate surface area is 187 Å². The van der Waals surface area contributed by atoms with Gasteiger partial charge >= 0.3 is 0 Å². The third-order valence-electron chi connectivity index (χ3n) is 6.53.